The van der Waals surface area contributed by atoms with Gasteiger partial charge in [-0.25, -0.2) is 0 Å². The third kappa shape index (κ3) is 5.99. The minimum atomic E-state index is -0.799. The van der Waals surface area contributed by atoms with Gasteiger partial charge >= 0.3 is 0 Å². The lowest BCUT2D eigenvalue weighted by atomic mass is 10.1. The summed E-state index contributed by atoms with van der Waals surface area (Å²) in [6, 6.07) is 9.14. The number of carbonyl (C=O) groups is 1. The molecule has 0 fully saturated rings. The first-order valence-electron chi connectivity index (χ1n) is 6.83. The molecule has 0 unspecified atom stereocenters. The summed E-state index contributed by atoms with van der Waals surface area (Å²) in [6.45, 7) is 9.22. The number of benzene rings is 1. The number of hydrogen-bond donors (Lipinski definition) is 0. The van der Waals surface area contributed by atoms with Gasteiger partial charge in [-0.3, -0.25) is 4.79 Å². The van der Waals surface area contributed by atoms with Crippen molar-refractivity contribution in [3.05, 3.63) is 35.9 Å². The largest absolute Gasteiger partial charge is 0.345 e. The number of ketones is 1. The predicted molar refractivity (Wildman–Crippen MR) is 76.1 cm³/mol. The lowest BCUT2D eigenvalue weighted by Gasteiger charge is -2.19. The van der Waals surface area contributed by atoms with E-state index in [1.165, 1.54) is 0 Å². The number of carbonyl (C=O) groups excluding carboxylic acids is 1. The highest BCUT2D eigenvalue weighted by atomic mass is 16.7. The Labute approximate surface area is 115 Å². The van der Waals surface area contributed by atoms with Gasteiger partial charge in [0.25, 0.3) is 0 Å². The van der Waals surface area contributed by atoms with Gasteiger partial charge < -0.3 is 9.47 Å². The van der Waals surface area contributed by atoms with Crippen LogP contribution in [0.5, 0.6) is 0 Å². The van der Waals surface area contributed by atoms with Gasteiger partial charge in [-0.1, -0.05) is 58.0 Å². The second-order valence-electron chi connectivity index (χ2n) is 5.52. The second-order valence-corrected chi connectivity index (χ2v) is 5.52. The van der Waals surface area contributed by atoms with Crippen LogP contribution in [-0.4, -0.2) is 25.3 Å². The molecule has 0 spiro atoms. The first kappa shape index (κ1) is 15.9. The Kier molecular flexibility index (Phi) is 6.74. The van der Waals surface area contributed by atoms with Crippen molar-refractivity contribution in [3.8, 4) is 0 Å². The van der Waals surface area contributed by atoms with Gasteiger partial charge in [0.15, 0.2) is 0 Å². The molecular formula is C16H24O3. The summed E-state index contributed by atoms with van der Waals surface area (Å²) in [4.78, 5) is 12.3. The Morgan fingerprint density at radius 1 is 0.947 bits per heavy atom. The van der Waals surface area contributed by atoms with Crippen LogP contribution in [-0.2, 0) is 9.47 Å². The zero-order chi connectivity index (χ0) is 14.3. The van der Waals surface area contributed by atoms with E-state index in [1.807, 2.05) is 45.9 Å². The smallest absolute Gasteiger partial charge is 0.222 e. The summed E-state index contributed by atoms with van der Waals surface area (Å²) in [5, 5.41) is 0. The van der Waals surface area contributed by atoms with Crippen molar-refractivity contribution in [1.29, 1.82) is 0 Å². The molecule has 0 heterocycles. The molecular weight excluding hydrogens is 240 g/mol. The average molecular weight is 264 g/mol. The van der Waals surface area contributed by atoms with Crippen LogP contribution in [0.15, 0.2) is 30.3 Å². The Bertz CT molecular complexity index is 359. The van der Waals surface area contributed by atoms with E-state index in [9.17, 15) is 4.79 Å². The van der Waals surface area contributed by atoms with Gasteiger partial charge in [0.2, 0.25) is 12.1 Å². The summed E-state index contributed by atoms with van der Waals surface area (Å²) in [6.07, 6.45) is -0.799. The maximum atomic E-state index is 12.3. The van der Waals surface area contributed by atoms with E-state index in [0.29, 0.717) is 30.6 Å². The fourth-order valence-electron chi connectivity index (χ4n) is 1.50. The Morgan fingerprint density at radius 3 is 1.84 bits per heavy atom. The molecule has 0 aliphatic carbocycles. The lowest BCUT2D eigenvalue weighted by molar-refractivity contribution is -0.125. The Hall–Kier alpha value is -1.19. The van der Waals surface area contributed by atoms with E-state index in [4.69, 9.17) is 9.47 Å². The van der Waals surface area contributed by atoms with Crippen LogP contribution in [0.4, 0.5) is 0 Å². The second kappa shape index (κ2) is 8.08. The van der Waals surface area contributed by atoms with Crippen molar-refractivity contribution in [3.63, 3.8) is 0 Å². The fraction of sp³-hybridized carbons (Fsp3) is 0.562. The molecule has 0 aliphatic heterocycles. The van der Waals surface area contributed by atoms with Gasteiger partial charge in [-0.15, -0.1) is 0 Å². The molecule has 1 rings (SSSR count). The van der Waals surface area contributed by atoms with E-state index >= 15 is 0 Å². The molecule has 1 aromatic carbocycles. The Morgan fingerprint density at radius 2 is 1.42 bits per heavy atom. The predicted octanol–water partition coefficient (Wildman–Crippen LogP) is 3.54. The molecule has 3 heteroatoms. The highest BCUT2D eigenvalue weighted by Gasteiger charge is 2.22. The molecule has 0 radical (unpaired) electrons. The molecule has 0 aliphatic rings. The molecule has 0 aromatic heterocycles. The van der Waals surface area contributed by atoms with Crippen LogP contribution in [0.1, 0.15) is 38.1 Å². The first-order valence-corrected chi connectivity index (χ1v) is 6.83. The normalized spacial score (nSPS) is 11.5. The lowest BCUT2D eigenvalue weighted by Crippen LogP contribution is -2.30. The number of Topliss-reactive ketones (excluding diaryl/α,β-unsaturated/α-hetero) is 1. The summed E-state index contributed by atoms with van der Waals surface area (Å²) >= 11 is 0. The summed E-state index contributed by atoms with van der Waals surface area (Å²) < 4.78 is 11.2. The van der Waals surface area contributed by atoms with Crippen molar-refractivity contribution in [1.82, 2.24) is 0 Å². The molecule has 0 atom stereocenters. The molecule has 0 amide bonds. The van der Waals surface area contributed by atoms with E-state index in [0.717, 1.165) is 0 Å². The molecule has 0 bridgehead atoms. The summed E-state index contributed by atoms with van der Waals surface area (Å²) in [5.41, 5.74) is 0.625. The van der Waals surface area contributed by atoms with Crippen molar-refractivity contribution < 1.29 is 14.3 Å². The van der Waals surface area contributed by atoms with E-state index < -0.39 is 6.29 Å². The SMILES string of the molecule is CC(C)COC(OCC(C)C)C(=O)c1ccccc1. The number of hydrogen-bond acceptors (Lipinski definition) is 3. The quantitative estimate of drug-likeness (QED) is 0.532. The fourth-order valence-corrected chi connectivity index (χ4v) is 1.50. The van der Waals surface area contributed by atoms with Crippen molar-refractivity contribution in [2.75, 3.05) is 13.2 Å². The zero-order valence-corrected chi connectivity index (χ0v) is 12.3. The zero-order valence-electron chi connectivity index (χ0n) is 12.3. The topological polar surface area (TPSA) is 35.5 Å². The summed E-state index contributed by atoms with van der Waals surface area (Å²) in [5.74, 6) is 0.629. The monoisotopic (exact) mass is 264 g/mol. The van der Waals surface area contributed by atoms with Crippen LogP contribution in [0.2, 0.25) is 0 Å². The highest BCUT2D eigenvalue weighted by Crippen LogP contribution is 2.10. The maximum Gasteiger partial charge on any atom is 0.222 e. The minimum Gasteiger partial charge on any atom is -0.345 e. The summed E-state index contributed by atoms with van der Waals surface area (Å²) in [7, 11) is 0. The van der Waals surface area contributed by atoms with E-state index in [1.54, 1.807) is 12.1 Å². The highest BCUT2D eigenvalue weighted by molar-refractivity contribution is 5.98. The maximum absolute atomic E-state index is 12.3. The van der Waals surface area contributed by atoms with Crippen molar-refractivity contribution in [2.45, 2.75) is 34.0 Å². The van der Waals surface area contributed by atoms with Crippen LogP contribution in [0.25, 0.3) is 0 Å². The van der Waals surface area contributed by atoms with Crippen molar-refractivity contribution >= 4 is 5.78 Å². The van der Waals surface area contributed by atoms with E-state index in [2.05, 4.69) is 0 Å². The van der Waals surface area contributed by atoms with Crippen LogP contribution in [0, 0.1) is 11.8 Å². The minimum absolute atomic E-state index is 0.109. The van der Waals surface area contributed by atoms with Crippen LogP contribution in [0.3, 0.4) is 0 Å². The Balaban J connectivity index is 2.68. The molecule has 19 heavy (non-hydrogen) atoms. The number of rotatable bonds is 8. The van der Waals surface area contributed by atoms with Crippen molar-refractivity contribution in [2.24, 2.45) is 11.8 Å². The number of ether oxygens (including phenoxy) is 2. The molecule has 0 N–H and O–H groups in total. The van der Waals surface area contributed by atoms with Gasteiger partial charge in [-0.2, -0.15) is 0 Å². The molecule has 3 nitrogen and oxygen atoms in total. The van der Waals surface area contributed by atoms with Gasteiger partial charge in [0, 0.05) is 5.56 Å². The standard InChI is InChI=1S/C16H24O3/c1-12(2)10-18-16(19-11-13(3)4)15(17)14-8-6-5-7-9-14/h5-9,12-13,16H,10-11H2,1-4H3. The third-order valence-electron chi connectivity index (χ3n) is 2.43. The molecule has 0 saturated heterocycles. The molecule has 0 saturated carbocycles. The van der Waals surface area contributed by atoms with Crippen LogP contribution >= 0.6 is 0 Å². The van der Waals surface area contributed by atoms with E-state index in [-0.39, 0.29) is 5.78 Å². The van der Waals surface area contributed by atoms with Gasteiger partial charge in [0.1, 0.15) is 0 Å². The van der Waals surface area contributed by atoms with Crippen LogP contribution < -0.4 is 0 Å². The first-order chi connectivity index (χ1) is 9.00. The van der Waals surface area contributed by atoms with Gasteiger partial charge in [0.05, 0.1) is 13.2 Å². The van der Waals surface area contributed by atoms with Gasteiger partial charge in [-0.05, 0) is 11.8 Å². The average Bonchev–Trinajstić information content (AvgIpc) is 2.38. The third-order valence-corrected chi connectivity index (χ3v) is 2.43. The molecule has 106 valence electrons. The molecule has 1 aromatic rings.